The summed E-state index contributed by atoms with van der Waals surface area (Å²) in [5.74, 6) is -0.0474. The summed E-state index contributed by atoms with van der Waals surface area (Å²) < 4.78 is 0. The van der Waals surface area contributed by atoms with Crippen molar-refractivity contribution in [2.45, 2.75) is 11.8 Å². The zero-order chi connectivity index (χ0) is 11.7. The standard InChI is InChI=1S/C10H9ClN2O3/c11-7-5-10(14)12(6-7)8-1-3-9(4-2-8)13(15)16/h1-4,7H,5-6H2. The smallest absolute Gasteiger partial charge is 0.269 e. The molecule has 0 N–H and O–H groups in total. The molecule has 1 aromatic rings. The van der Waals surface area contributed by atoms with Crippen LogP contribution in [0.15, 0.2) is 24.3 Å². The molecule has 16 heavy (non-hydrogen) atoms. The van der Waals surface area contributed by atoms with Gasteiger partial charge in [-0.15, -0.1) is 11.6 Å². The predicted molar refractivity (Wildman–Crippen MR) is 59.7 cm³/mol. The minimum Gasteiger partial charge on any atom is -0.311 e. The van der Waals surface area contributed by atoms with Gasteiger partial charge in [0.25, 0.3) is 5.69 Å². The molecule has 84 valence electrons. The number of nitrogens with zero attached hydrogens (tertiary/aromatic N) is 2. The molecule has 1 aliphatic rings. The first kappa shape index (κ1) is 10.9. The molecule has 6 heteroatoms. The van der Waals surface area contributed by atoms with E-state index in [0.29, 0.717) is 18.7 Å². The summed E-state index contributed by atoms with van der Waals surface area (Å²) in [4.78, 5) is 23.0. The van der Waals surface area contributed by atoms with Crippen LogP contribution in [-0.4, -0.2) is 22.8 Å². The molecule has 1 fully saturated rings. The quantitative estimate of drug-likeness (QED) is 0.451. The molecule has 0 radical (unpaired) electrons. The van der Waals surface area contributed by atoms with Crippen LogP contribution >= 0.6 is 11.6 Å². The van der Waals surface area contributed by atoms with Crippen LogP contribution in [0.3, 0.4) is 0 Å². The van der Waals surface area contributed by atoms with E-state index in [4.69, 9.17) is 11.6 Å². The van der Waals surface area contributed by atoms with E-state index in [2.05, 4.69) is 0 Å². The third kappa shape index (κ3) is 1.99. The van der Waals surface area contributed by atoms with Gasteiger partial charge in [-0.25, -0.2) is 0 Å². The molecule has 0 saturated carbocycles. The van der Waals surface area contributed by atoms with Crippen molar-refractivity contribution in [1.82, 2.24) is 0 Å². The maximum Gasteiger partial charge on any atom is 0.269 e. The number of nitro groups is 1. The number of carbonyl (C=O) groups excluding carboxylic acids is 1. The number of benzene rings is 1. The largest absolute Gasteiger partial charge is 0.311 e. The maximum atomic E-state index is 11.5. The first-order valence-corrected chi connectivity index (χ1v) is 5.20. The molecule has 1 amide bonds. The molecule has 5 nitrogen and oxygen atoms in total. The highest BCUT2D eigenvalue weighted by atomic mass is 35.5. The van der Waals surface area contributed by atoms with Gasteiger partial charge in [0.15, 0.2) is 0 Å². The van der Waals surface area contributed by atoms with Gasteiger partial charge < -0.3 is 4.90 Å². The molecule has 0 spiro atoms. The number of nitro benzene ring substituents is 1. The highest BCUT2D eigenvalue weighted by Gasteiger charge is 2.29. The molecule has 0 aromatic heterocycles. The zero-order valence-corrected chi connectivity index (χ0v) is 9.05. The van der Waals surface area contributed by atoms with Crippen molar-refractivity contribution in [2.75, 3.05) is 11.4 Å². The second-order valence-corrected chi connectivity index (χ2v) is 4.20. The number of hydrogen-bond donors (Lipinski definition) is 0. The van der Waals surface area contributed by atoms with Gasteiger partial charge in [0.2, 0.25) is 5.91 Å². The number of rotatable bonds is 2. The number of alkyl halides is 1. The highest BCUT2D eigenvalue weighted by molar-refractivity contribution is 6.24. The van der Waals surface area contributed by atoms with Crippen molar-refractivity contribution in [2.24, 2.45) is 0 Å². The summed E-state index contributed by atoms with van der Waals surface area (Å²) in [6.45, 7) is 0.457. The number of hydrogen-bond acceptors (Lipinski definition) is 3. The Hall–Kier alpha value is -1.62. The Morgan fingerprint density at radius 3 is 2.44 bits per heavy atom. The van der Waals surface area contributed by atoms with Crippen molar-refractivity contribution in [3.8, 4) is 0 Å². The van der Waals surface area contributed by atoms with E-state index >= 15 is 0 Å². The molecule has 1 saturated heterocycles. The lowest BCUT2D eigenvalue weighted by Gasteiger charge is -2.15. The minimum absolute atomic E-state index is 0.0119. The van der Waals surface area contributed by atoms with E-state index in [1.54, 1.807) is 17.0 Å². The van der Waals surface area contributed by atoms with E-state index in [0.717, 1.165) is 0 Å². The lowest BCUT2D eigenvalue weighted by Crippen LogP contribution is -2.24. The summed E-state index contributed by atoms with van der Waals surface area (Å²) in [6.07, 6.45) is 0.318. The average Bonchev–Trinajstić information content (AvgIpc) is 2.58. The van der Waals surface area contributed by atoms with Crippen molar-refractivity contribution in [3.05, 3.63) is 34.4 Å². The van der Waals surface area contributed by atoms with Crippen LogP contribution in [0, 0.1) is 10.1 Å². The van der Waals surface area contributed by atoms with E-state index in [-0.39, 0.29) is 17.0 Å². The fourth-order valence-electron chi connectivity index (χ4n) is 1.67. The molecule has 1 aliphatic heterocycles. The summed E-state index contributed by atoms with van der Waals surface area (Å²) in [6, 6.07) is 5.88. The van der Waals surface area contributed by atoms with Crippen LogP contribution in [0.4, 0.5) is 11.4 Å². The second kappa shape index (κ2) is 4.09. The number of amides is 1. The van der Waals surface area contributed by atoms with Gasteiger partial charge in [-0.05, 0) is 12.1 Å². The third-order valence-electron chi connectivity index (χ3n) is 2.45. The van der Waals surface area contributed by atoms with Gasteiger partial charge in [-0.1, -0.05) is 0 Å². The van der Waals surface area contributed by atoms with Crippen LogP contribution in [0.25, 0.3) is 0 Å². The number of non-ortho nitro benzene ring substituents is 1. The Kier molecular flexibility index (Phi) is 2.78. The molecule has 1 atom stereocenters. The van der Waals surface area contributed by atoms with Gasteiger partial charge in [0.05, 0.1) is 10.3 Å². The number of anilines is 1. The van der Waals surface area contributed by atoms with Gasteiger partial charge in [0, 0.05) is 30.8 Å². The summed E-state index contributed by atoms with van der Waals surface area (Å²) in [7, 11) is 0. The molecule has 2 rings (SSSR count). The zero-order valence-electron chi connectivity index (χ0n) is 8.30. The Labute approximate surface area is 96.8 Å². The SMILES string of the molecule is O=C1CC(Cl)CN1c1ccc([N+](=O)[O-])cc1. The Bertz CT molecular complexity index is 432. The Morgan fingerprint density at radius 2 is 2.00 bits per heavy atom. The number of halogens is 1. The van der Waals surface area contributed by atoms with Crippen LogP contribution in [-0.2, 0) is 4.79 Å². The monoisotopic (exact) mass is 240 g/mol. The van der Waals surface area contributed by atoms with Crippen molar-refractivity contribution < 1.29 is 9.72 Å². The molecule has 0 bridgehead atoms. The normalized spacial score (nSPS) is 20.2. The Balaban J connectivity index is 2.22. The lowest BCUT2D eigenvalue weighted by molar-refractivity contribution is -0.384. The van der Waals surface area contributed by atoms with Crippen LogP contribution in [0.5, 0.6) is 0 Å². The van der Waals surface area contributed by atoms with Crippen LogP contribution in [0.1, 0.15) is 6.42 Å². The predicted octanol–water partition coefficient (Wildman–Crippen LogP) is 1.94. The second-order valence-electron chi connectivity index (χ2n) is 3.58. The van der Waals surface area contributed by atoms with E-state index in [1.807, 2.05) is 0 Å². The fraction of sp³-hybridized carbons (Fsp3) is 0.300. The van der Waals surface area contributed by atoms with E-state index < -0.39 is 4.92 Å². The fourth-order valence-corrected chi connectivity index (χ4v) is 1.94. The molecular weight excluding hydrogens is 232 g/mol. The van der Waals surface area contributed by atoms with Gasteiger partial charge >= 0.3 is 0 Å². The van der Waals surface area contributed by atoms with Crippen LogP contribution in [0.2, 0.25) is 0 Å². The van der Waals surface area contributed by atoms with Crippen LogP contribution < -0.4 is 4.90 Å². The summed E-state index contributed by atoms with van der Waals surface area (Å²) >= 11 is 5.86. The molecule has 1 aromatic carbocycles. The summed E-state index contributed by atoms with van der Waals surface area (Å²) in [5.41, 5.74) is 0.663. The number of carbonyl (C=O) groups is 1. The minimum atomic E-state index is -0.472. The van der Waals surface area contributed by atoms with Crippen molar-refractivity contribution in [1.29, 1.82) is 0 Å². The van der Waals surface area contributed by atoms with Crippen molar-refractivity contribution in [3.63, 3.8) is 0 Å². The van der Waals surface area contributed by atoms with Gasteiger partial charge in [-0.3, -0.25) is 14.9 Å². The molecular formula is C10H9ClN2O3. The van der Waals surface area contributed by atoms with Gasteiger partial charge in [0.1, 0.15) is 0 Å². The Morgan fingerprint density at radius 1 is 1.38 bits per heavy atom. The van der Waals surface area contributed by atoms with E-state index in [9.17, 15) is 14.9 Å². The lowest BCUT2D eigenvalue weighted by atomic mass is 10.2. The van der Waals surface area contributed by atoms with Gasteiger partial charge in [-0.2, -0.15) is 0 Å². The average molecular weight is 241 g/mol. The third-order valence-corrected chi connectivity index (χ3v) is 2.74. The molecule has 1 unspecified atom stereocenters. The van der Waals surface area contributed by atoms with E-state index in [1.165, 1.54) is 12.1 Å². The molecule has 1 heterocycles. The first-order chi connectivity index (χ1) is 7.58. The summed E-state index contributed by atoms with van der Waals surface area (Å²) in [5, 5.41) is 10.3. The molecule has 0 aliphatic carbocycles. The first-order valence-electron chi connectivity index (χ1n) is 4.77. The maximum absolute atomic E-state index is 11.5. The highest BCUT2D eigenvalue weighted by Crippen LogP contribution is 2.25. The topological polar surface area (TPSA) is 63.5 Å². The van der Waals surface area contributed by atoms with Crippen molar-refractivity contribution >= 4 is 28.9 Å².